The molecule has 1 aliphatic heterocycles. The third kappa shape index (κ3) is 2.30. The molecule has 1 saturated carbocycles. The second-order valence-corrected chi connectivity index (χ2v) is 6.78. The highest BCUT2D eigenvalue weighted by Gasteiger charge is 2.55. The molecular weight excluding hydrogens is 276 g/mol. The third-order valence-corrected chi connectivity index (χ3v) is 5.60. The van der Waals surface area contributed by atoms with Gasteiger partial charge in [-0.25, -0.2) is 0 Å². The first-order valence-electron chi connectivity index (χ1n) is 8.73. The van der Waals surface area contributed by atoms with Crippen LogP contribution in [0.3, 0.4) is 0 Å². The summed E-state index contributed by atoms with van der Waals surface area (Å²) in [4.78, 5) is 0. The van der Waals surface area contributed by atoms with Crippen molar-refractivity contribution >= 4 is 0 Å². The van der Waals surface area contributed by atoms with Crippen LogP contribution in [-0.4, -0.2) is 23.9 Å². The first kappa shape index (κ1) is 15.7. The molecule has 3 nitrogen and oxygen atoms in total. The van der Waals surface area contributed by atoms with Crippen molar-refractivity contribution in [2.45, 2.75) is 76.4 Å². The number of hydrogen-bond donors (Lipinski definition) is 1. The van der Waals surface area contributed by atoms with Crippen molar-refractivity contribution in [1.82, 2.24) is 0 Å². The van der Waals surface area contributed by atoms with E-state index in [1.54, 1.807) is 6.07 Å². The van der Waals surface area contributed by atoms with E-state index in [2.05, 4.69) is 13.8 Å². The molecule has 2 aliphatic carbocycles. The third-order valence-electron chi connectivity index (χ3n) is 5.60. The number of phenols is 1. The van der Waals surface area contributed by atoms with Gasteiger partial charge in [0.1, 0.15) is 6.10 Å². The number of hydrogen-bond acceptors (Lipinski definition) is 3. The Kier molecular flexibility index (Phi) is 4.35. The number of aromatic hydroxyl groups is 1. The predicted octanol–water partition coefficient (Wildman–Crippen LogP) is 4.56. The molecule has 0 radical (unpaired) electrons. The minimum absolute atomic E-state index is 0.0606. The molecule has 1 unspecified atom stereocenters. The Labute approximate surface area is 133 Å². The van der Waals surface area contributed by atoms with Crippen LogP contribution < -0.4 is 4.74 Å². The maximum atomic E-state index is 10.0. The van der Waals surface area contributed by atoms with Gasteiger partial charge in [-0.15, -0.1) is 0 Å². The van der Waals surface area contributed by atoms with E-state index in [0.29, 0.717) is 5.92 Å². The van der Waals surface area contributed by atoms with Crippen molar-refractivity contribution in [1.29, 1.82) is 0 Å². The first-order valence-corrected chi connectivity index (χ1v) is 8.73. The van der Waals surface area contributed by atoms with Crippen molar-refractivity contribution in [3.8, 4) is 11.5 Å². The monoisotopic (exact) mass is 304 g/mol. The lowest BCUT2D eigenvalue weighted by atomic mass is 9.64. The molecule has 1 fully saturated rings. The summed E-state index contributed by atoms with van der Waals surface area (Å²) in [6.07, 6.45) is 8.28. The molecule has 0 spiro atoms. The Morgan fingerprint density at radius 3 is 2.73 bits per heavy atom. The van der Waals surface area contributed by atoms with Crippen LogP contribution in [0.1, 0.15) is 69.4 Å². The number of phenolic OH excluding ortho intramolecular Hbond substituents is 1. The van der Waals surface area contributed by atoms with Gasteiger partial charge in [-0.1, -0.05) is 32.8 Å². The Morgan fingerprint density at radius 2 is 2.05 bits per heavy atom. The van der Waals surface area contributed by atoms with Crippen LogP contribution in [0.25, 0.3) is 0 Å². The van der Waals surface area contributed by atoms with Crippen LogP contribution in [0.4, 0.5) is 0 Å². The molecule has 122 valence electrons. The molecule has 3 heteroatoms. The highest BCUT2D eigenvalue weighted by Crippen LogP contribution is 2.59. The smallest absolute Gasteiger partial charge is 0.165 e. The Balaban J connectivity index is 0.000000325. The van der Waals surface area contributed by atoms with Gasteiger partial charge in [0.05, 0.1) is 11.5 Å². The quantitative estimate of drug-likeness (QED) is 0.870. The fourth-order valence-electron chi connectivity index (χ4n) is 4.26. The van der Waals surface area contributed by atoms with Crippen LogP contribution in [0.5, 0.6) is 11.5 Å². The number of aryl methyl sites for hydroxylation is 1. The SMILES string of the molecule is CCCC.CO[C@@]12CCC[C@@H]3Oc4c(O)ccc(c4C31)CC2. The number of unbranched alkanes of at least 4 members (excludes halogenated alkanes) is 1. The van der Waals surface area contributed by atoms with E-state index in [0.717, 1.165) is 37.9 Å². The highest BCUT2D eigenvalue weighted by atomic mass is 16.5. The lowest BCUT2D eigenvalue weighted by Gasteiger charge is -2.46. The van der Waals surface area contributed by atoms with E-state index in [-0.39, 0.29) is 17.5 Å². The standard InChI is InChI=1S/C15H18O3.C4H10/c1-17-15-7-2-3-11-13(15)12-9(6-8-15)4-5-10(16)14(12)18-11;1-3-4-2/h4-5,11,13,16H,2-3,6-8H2,1H3;3-4H2,1-2H3/t11-,13?,15+;/m0./s1. The topological polar surface area (TPSA) is 38.7 Å². The zero-order valence-electron chi connectivity index (χ0n) is 14.0. The number of benzene rings is 1. The molecule has 1 aromatic carbocycles. The van der Waals surface area contributed by atoms with E-state index in [1.165, 1.54) is 24.0 Å². The molecule has 4 rings (SSSR count). The van der Waals surface area contributed by atoms with E-state index in [1.807, 2.05) is 13.2 Å². The van der Waals surface area contributed by atoms with E-state index in [4.69, 9.17) is 9.47 Å². The van der Waals surface area contributed by atoms with Crippen LogP contribution in [0.15, 0.2) is 12.1 Å². The molecule has 3 aliphatic rings. The van der Waals surface area contributed by atoms with E-state index >= 15 is 0 Å². The summed E-state index contributed by atoms with van der Waals surface area (Å²) in [6.45, 7) is 4.36. The molecule has 1 aromatic rings. The molecule has 0 saturated heterocycles. The van der Waals surface area contributed by atoms with Crippen molar-refractivity contribution in [2.24, 2.45) is 0 Å². The average Bonchev–Trinajstić information content (AvgIpc) is 2.97. The van der Waals surface area contributed by atoms with Crippen molar-refractivity contribution in [3.05, 3.63) is 23.3 Å². The number of ether oxygens (including phenoxy) is 2. The van der Waals surface area contributed by atoms with E-state index < -0.39 is 0 Å². The van der Waals surface area contributed by atoms with Crippen LogP contribution in [0, 0.1) is 0 Å². The molecular formula is C19H28O3. The summed E-state index contributed by atoms with van der Waals surface area (Å²) in [7, 11) is 1.83. The maximum absolute atomic E-state index is 10.0. The van der Waals surface area contributed by atoms with Gasteiger partial charge in [-0.2, -0.15) is 0 Å². The Morgan fingerprint density at radius 1 is 1.27 bits per heavy atom. The molecule has 0 aromatic heterocycles. The van der Waals surface area contributed by atoms with Gasteiger partial charge in [-0.05, 0) is 43.7 Å². The number of methoxy groups -OCH3 is 1. The van der Waals surface area contributed by atoms with Gasteiger partial charge in [0.25, 0.3) is 0 Å². The van der Waals surface area contributed by atoms with E-state index in [9.17, 15) is 5.11 Å². The second kappa shape index (κ2) is 6.11. The Hall–Kier alpha value is -1.22. The summed E-state index contributed by atoms with van der Waals surface area (Å²) in [5, 5.41) is 10.0. The average molecular weight is 304 g/mol. The zero-order chi connectivity index (χ0) is 15.7. The molecule has 3 atom stereocenters. The Bertz CT molecular complexity index is 538. The van der Waals surface area contributed by atoms with Gasteiger partial charge in [0.2, 0.25) is 0 Å². The summed E-state index contributed by atoms with van der Waals surface area (Å²) in [5.74, 6) is 1.34. The number of rotatable bonds is 2. The normalized spacial score (nSPS) is 30.9. The maximum Gasteiger partial charge on any atom is 0.165 e. The van der Waals surface area contributed by atoms with Gasteiger partial charge in [0.15, 0.2) is 11.5 Å². The van der Waals surface area contributed by atoms with Crippen molar-refractivity contribution < 1.29 is 14.6 Å². The molecule has 22 heavy (non-hydrogen) atoms. The van der Waals surface area contributed by atoms with Crippen LogP contribution >= 0.6 is 0 Å². The van der Waals surface area contributed by atoms with Gasteiger partial charge < -0.3 is 14.6 Å². The molecule has 1 heterocycles. The summed E-state index contributed by atoms with van der Waals surface area (Å²) in [6, 6.07) is 3.82. The zero-order valence-corrected chi connectivity index (χ0v) is 14.0. The molecule has 0 amide bonds. The fraction of sp³-hybridized carbons (Fsp3) is 0.684. The van der Waals surface area contributed by atoms with Gasteiger partial charge in [-0.3, -0.25) is 0 Å². The molecule has 0 bridgehead atoms. The van der Waals surface area contributed by atoms with Gasteiger partial charge in [0, 0.05) is 12.7 Å². The summed E-state index contributed by atoms with van der Waals surface area (Å²) >= 11 is 0. The summed E-state index contributed by atoms with van der Waals surface area (Å²) in [5.41, 5.74) is 2.51. The van der Waals surface area contributed by atoms with Crippen LogP contribution in [0.2, 0.25) is 0 Å². The highest BCUT2D eigenvalue weighted by molar-refractivity contribution is 5.57. The second-order valence-electron chi connectivity index (χ2n) is 6.78. The van der Waals surface area contributed by atoms with Gasteiger partial charge >= 0.3 is 0 Å². The van der Waals surface area contributed by atoms with Crippen molar-refractivity contribution in [3.63, 3.8) is 0 Å². The van der Waals surface area contributed by atoms with Crippen molar-refractivity contribution in [2.75, 3.05) is 7.11 Å². The fourth-order valence-corrected chi connectivity index (χ4v) is 4.26. The van der Waals surface area contributed by atoms with Crippen LogP contribution in [-0.2, 0) is 11.2 Å². The molecule has 1 N–H and O–H groups in total. The predicted molar refractivity (Wildman–Crippen MR) is 87.8 cm³/mol. The lowest BCUT2D eigenvalue weighted by Crippen LogP contribution is -2.49. The minimum Gasteiger partial charge on any atom is -0.504 e. The largest absolute Gasteiger partial charge is 0.504 e. The minimum atomic E-state index is -0.0606. The first-order chi connectivity index (χ1) is 10.7. The summed E-state index contributed by atoms with van der Waals surface area (Å²) < 4.78 is 12.0. The lowest BCUT2D eigenvalue weighted by molar-refractivity contribution is -0.0887.